The van der Waals surface area contributed by atoms with E-state index in [2.05, 4.69) is 10.1 Å². The van der Waals surface area contributed by atoms with Crippen molar-refractivity contribution in [2.24, 2.45) is 0 Å². The lowest BCUT2D eigenvalue weighted by Crippen LogP contribution is -2.46. The molecule has 0 spiro atoms. The summed E-state index contributed by atoms with van der Waals surface area (Å²) >= 11 is 0. The van der Waals surface area contributed by atoms with Crippen LogP contribution in [-0.4, -0.2) is 46.6 Å². The molecule has 26 heavy (non-hydrogen) atoms. The largest absolute Gasteiger partial charge is 0.480 e. The summed E-state index contributed by atoms with van der Waals surface area (Å²) < 4.78 is 10.7. The summed E-state index contributed by atoms with van der Waals surface area (Å²) in [6.45, 7) is 4.27. The minimum Gasteiger partial charge on any atom is -0.480 e. The quantitative estimate of drug-likeness (QED) is 0.833. The number of nitrogens with zero attached hydrogens (tertiary/aromatic N) is 4. The van der Waals surface area contributed by atoms with E-state index in [1.165, 1.54) is 4.90 Å². The lowest BCUT2D eigenvalue weighted by molar-refractivity contribution is -0.132. The lowest BCUT2D eigenvalue weighted by Gasteiger charge is -2.31. The molecular formula is C18H20N4O4. The molecule has 1 atom stereocenters. The Morgan fingerprint density at radius 3 is 3.00 bits per heavy atom. The summed E-state index contributed by atoms with van der Waals surface area (Å²) in [4.78, 5) is 32.7. The lowest BCUT2D eigenvalue weighted by atomic mass is 10.0. The number of pyridine rings is 1. The average Bonchev–Trinajstić information content (AvgIpc) is 3.23. The van der Waals surface area contributed by atoms with Crippen LogP contribution in [0.5, 0.6) is 5.75 Å². The summed E-state index contributed by atoms with van der Waals surface area (Å²) in [6, 6.07) is 3.42. The van der Waals surface area contributed by atoms with Crippen molar-refractivity contribution in [3.63, 3.8) is 0 Å². The van der Waals surface area contributed by atoms with Crippen molar-refractivity contribution in [3.05, 3.63) is 35.3 Å². The number of likely N-dealkylation sites (tertiary alicyclic amines) is 1. The number of anilines is 1. The molecule has 0 bridgehead atoms. The van der Waals surface area contributed by atoms with Crippen LogP contribution in [0.3, 0.4) is 0 Å². The van der Waals surface area contributed by atoms with Gasteiger partial charge >= 0.3 is 0 Å². The van der Waals surface area contributed by atoms with Gasteiger partial charge in [-0.05, 0) is 38.8 Å². The topological polar surface area (TPSA) is 88.8 Å². The number of hydrogen-bond acceptors (Lipinski definition) is 6. The van der Waals surface area contributed by atoms with Crippen molar-refractivity contribution in [1.82, 2.24) is 15.0 Å². The summed E-state index contributed by atoms with van der Waals surface area (Å²) in [5.41, 5.74) is 1.78. The molecule has 4 heterocycles. The molecule has 0 radical (unpaired) electrons. The standard InChI is InChI=1S/C18H20N4O4/c1-11-17(12(2)26-20-11)13-5-4-8-21(13)15(23)9-22-16(24)10-25-14-6-3-7-19-18(14)22/h3,6-7,13H,4-5,8-10H2,1-2H3/t13-/m1/s1. The third kappa shape index (κ3) is 2.71. The first-order chi connectivity index (χ1) is 12.6. The second-order valence-electron chi connectivity index (χ2n) is 6.58. The molecule has 8 heteroatoms. The molecule has 2 amide bonds. The first-order valence-electron chi connectivity index (χ1n) is 8.66. The Balaban J connectivity index is 1.57. The van der Waals surface area contributed by atoms with Crippen LogP contribution in [0.4, 0.5) is 5.82 Å². The fourth-order valence-electron chi connectivity index (χ4n) is 3.75. The Bertz CT molecular complexity index is 843. The van der Waals surface area contributed by atoms with E-state index >= 15 is 0 Å². The zero-order valence-electron chi connectivity index (χ0n) is 14.8. The Morgan fingerprint density at radius 2 is 2.23 bits per heavy atom. The Hall–Kier alpha value is -2.90. The number of rotatable bonds is 3. The van der Waals surface area contributed by atoms with Gasteiger partial charge in [0.05, 0.1) is 11.7 Å². The van der Waals surface area contributed by atoms with Gasteiger partial charge in [0.2, 0.25) is 5.91 Å². The van der Waals surface area contributed by atoms with Crippen LogP contribution in [0.15, 0.2) is 22.9 Å². The molecule has 8 nitrogen and oxygen atoms in total. The number of fused-ring (bicyclic) bond motifs is 1. The molecule has 4 rings (SSSR count). The predicted octanol–water partition coefficient (Wildman–Crippen LogP) is 1.78. The highest BCUT2D eigenvalue weighted by Gasteiger charge is 2.36. The van der Waals surface area contributed by atoms with Crippen LogP contribution >= 0.6 is 0 Å². The fraction of sp³-hybridized carbons (Fsp3) is 0.444. The number of aromatic nitrogens is 2. The van der Waals surface area contributed by atoms with Gasteiger partial charge in [0, 0.05) is 18.3 Å². The third-order valence-electron chi connectivity index (χ3n) is 4.95. The first-order valence-corrected chi connectivity index (χ1v) is 8.66. The van der Waals surface area contributed by atoms with Crippen molar-refractivity contribution in [2.75, 3.05) is 24.6 Å². The second-order valence-corrected chi connectivity index (χ2v) is 6.58. The molecule has 2 aliphatic heterocycles. The smallest absolute Gasteiger partial charge is 0.266 e. The van der Waals surface area contributed by atoms with Gasteiger partial charge in [0.1, 0.15) is 12.3 Å². The summed E-state index contributed by atoms with van der Waals surface area (Å²) in [7, 11) is 0. The van der Waals surface area contributed by atoms with Gasteiger partial charge in [-0.3, -0.25) is 14.5 Å². The molecule has 136 valence electrons. The normalized spacial score (nSPS) is 19.5. The number of ether oxygens (including phenoxy) is 1. The van der Waals surface area contributed by atoms with Crippen molar-refractivity contribution in [1.29, 1.82) is 0 Å². The minimum absolute atomic E-state index is 0.0495. The van der Waals surface area contributed by atoms with E-state index in [4.69, 9.17) is 9.26 Å². The molecular weight excluding hydrogens is 336 g/mol. The van der Waals surface area contributed by atoms with Crippen molar-refractivity contribution in [3.8, 4) is 5.75 Å². The maximum atomic E-state index is 13.0. The number of hydrogen-bond donors (Lipinski definition) is 0. The molecule has 0 N–H and O–H groups in total. The highest BCUT2D eigenvalue weighted by molar-refractivity contribution is 6.01. The van der Waals surface area contributed by atoms with Crippen molar-refractivity contribution >= 4 is 17.6 Å². The molecule has 0 saturated carbocycles. The molecule has 0 aliphatic carbocycles. The van der Waals surface area contributed by atoms with E-state index in [0.717, 1.165) is 29.9 Å². The molecule has 0 unspecified atom stereocenters. The zero-order valence-corrected chi connectivity index (χ0v) is 14.8. The van der Waals surface area contributed by atoms with Crippen LogP contribution in [0.2, 0.25) is 0 Å². The Morgan fingerprint density at radius 1 is 1.38 bits per heavy atom. The Kier molecular flexibility index (Phi) is 4.10. The van der Waals surface area contributed by atoms with Crippen LogP contribution in [-0.2, 0) is 9.59 Å². The van der Waals surface area contributed by atoms with E-state index in [-0.39, 0.29) is 31.0 Å². The van der Waals surface area contributed by atoms with E-state index in [1.54, 1.807) is 18.3 Å². The van der Waals surface area contributed by atoms with Gasteiger partial charge in [0.15, 0.2) is 18.2 Å². The van der Waals surface area contributed by atoms with Gasteiger partial charge in [-0.1, -0.05) is 5.16 Å². The number of amides is 2. The molecule has 2 aliphatic rings. The van der Waals surface area contributed by atoms with Crippen LogP contribution in [0.1, 0.15) is 35.9 Å². The van der Waals surface area contributed by atoms with Crippen molar-refractivity contribution in [2.45, 2.75) is 32.7 Å². The summed E-state index contributed by atoms with van der Waals surface area (Å²) in [6.07, 6.45) is 3.35. The highest BCUT2D eigenvalue weighted by atomic mass is 16.5. The second kappa shape index (κ2) is 6.44. The highest BCUT2D eigenvalue weighted by Crippen LogP contribution is 2.36. The SMILES string of the molecule is Cc1noc(C)c1[C@H]1CCCN1C(=O)CN1C(=O)COc2cccnc21. The number of carbonyl (C=O) groups excluding carboxylic acids is 2. The van der Waals surface area contributed by atoms with Gasteiger partial charge in [-0.2, -0.15) is 0 Å². The predicted molar refractivity (Wildman–Crippen MR) is 91.8 cm³/mol. The van der Waals surface area contributed by atoms with Gasteiger partial charge < -0.3 is 14.2 Å². The van der Waals surface area contributed by atoms with Crippen molar-refractivity contribution < 1.29 is 18.8 Å². The summed E-state index contributed by atoms with van der Waals surface area (Å²) in [5, 5.41) is 4.01. The fourth-order valence-corrected chi connectivity index (χ4v) is 3.75. The van der Waals surface area contributed by atoms with E-state index < -0.39 is 0 Å². The number of carbonyl (C=O) groups is 2. The maximum Gasteiger partial charge on any atom is 0.266 e. The molecule has 0 aromatic carbocycles. The van der Waals surface area contributed by atoms with Gasteiger partial charge in [-0.15, -0.1) is 0 Å². The van der Waals surface area contributed by atoms with Gasteiger partial charge in [-0.25, -0.2) is 4.98 Å². The third-order valence-corrected chi connectivity index (χ3v) is 4.95. The first kappa shape index (κ1) is 16.6. The summed E-state index contributed by atoms with van der Waals surface area (Å²) in [5.74, 6) is 1.27. The van der Waals surface area contributed by atoms with E-state index in [1.807, 2.05) is 18.7 Å². The van der Waals surface area contributed by atoms with Crippen LogP contribution in [0.25, 0.3) is 0 Å². The molecule has 1 fully saturated rings. The average molecular weight is 356 g/mol. The van der Waals surface area contributed by atoms with E-state index in [9.17, 15) is 9.59 Å². The monoisotopic (exact) mass is 356 g/mol. The number of aryl methyl sites for hydroxylation is 2. The van der Waals surface area contributed by atoms with Crippen LogP contribution < -0.4 is 9.64 Å². The van der Waals surface area contributed by atoms with Crippen LogP contribution in [0, 0.1) is 13.8 Å². The Labute approximate surface area is 150 Å². The minimum atomic E-state index is -0.266. The zero-order chi connectivity index (χ0) is 18.3. The van der Waals surface area contributed by atoms with Gasteiger partial charge in [0.25, 0.3) is 5.91 Å². The maximum absolute atomic E-state index is 13.0. The molecule has 1 saturated heterocycles. The molecule has 2 aromatic heterocycles. The van der Waals surface area contributed by atoms with E-state index in [0.29, 0.717) is 18.1 Å². The molecule has 2 aromatic rings.